The maximum atomic E-state index is 12.3. The molecule has 2 aromatic rings. The Hall–Kier alpha value is -1.65. The number of fused-ring (bicyclic) bond motifs is 1. The van der Waals surface area contributed by atoms with E-state index < -0.39 is 0 Å². The molecule has 2 rings (SSSR count). The van der Waals surface area contributed by atoms with Crippen LogP contribution in [0.2, 0.25) is 0 Å². The van der Waals surface area contributed by atoms with Gasteiger partial charge in [0.25, 0.3) is 5.91 Å². The van der Waals surface area contributed by atoms with Gasteiger partial charge in [0, 0.05) is 26.1 Å². The van der Waals surface area contributed by atoms with Gasteiger partial charge in [0.1, 0.15) is 5.69 Å². The van der Waals surface area contributed by atoms with E-state index in [0.29, 0.717) is 18.8 Å². The second-order valence-corrected chi connectivity index (χ2v) is 5.24. The molecular weight excluding hydrogens is 276 g/mol. The third-order valence-electron chi connectivity index (χ3n) is 2.98. The van der Waals surface area contributed by atoms with Crippen LogP contribution in [0.25, 0.3) is 10.9 Å². The second-order valence-electron chi connectivity index (χ2n) is 4.63. The number of benzene rings is 1. The summed E-state index contributed by atoms with van der Waals surface area (Å²) in [6.45, 7) is 0.826. The van der Waals surface area contributed by atoms with E-state index in [1.165, 1.54) is 0 Å². The number of alkyl halides is 1. The number of methoxy groups -OCH3 is 1. The van der Waals surface area contributed by atoms with Gasteiger partial charge in [-0.05, 0) is 12.1 Å². The number of hydrogen-bond donors (Lipinski definition) is 0. The molecule has 1 aromatic heterocycles. The largest absolute Gasteiger partial charge is 0.383 e. The molecule has 5 heteroatoms. The highest BCUT2D eigenvalue weighted by molar-refractivity contribution is 6.21. The van der Waals surface area contributed by atoms with Crippen molar-refractivity contribution in [2.45, 2.75) is 5.38 Å². The number of pyridine rings is 1. The summed E-state index contributed by atoms with van der Waals surface area (Å²) in [5.41, 5.74) is 1.23. The lowest BCUT2D eigenvalue weighted by Gasteiger charge is -2.19. The minimum Gasteiger partial charge on any atom is -0.383 e. The maximum absolute atomic E-state index is 12.3. The highest BCUT2D eigenvalue weighted by Gasteiger charge is 2.16. The lowest BCUT2D eigenvalue weighted by molar-refractivity contribution is 0.0776. The lowest BCUT2D eigenvalue weighted by atomic mass is 10.2. The first-order chi connectivity index (χ1) is 9.61. The van der Waals surface area contributed by atoms with Crippen LogP contribution in [0, 0.1) is 0 Å². The van der Waals surface area contributed by atoms with Crippen LogP contribution in [0.5, 0.6) is 0 Å². The summed E-state index contributed by atoms with van der Waals surface area (Å²) in [5, 5.41) is 0.788. The molecule has 0 fully saturated rings. The summed E-state index contributed by atoms with van der Waals surface area (Å²) in [7, 11) is 3.30. The molecule has 4 nitrogen and oxygen atoms in total. The van der Waals surface area contributed by atoms with Crippen molar-refractivity contribution < 1.29 is 9.53 Å². The predicted molar refractivity (Wildman–Crippen MR) is 80.2 cm³/mol. The summed E-state index contributed by atoms with van der Waals surface area (Å²) in [6.07, 6.45) is 0. The Morgan fingerprint density at radius 3 is 2.85 bits per heavy atom. The van der Waals surface area contributed by atoms with Crippen molar-refractivity contribution in [1.82, 2.24) is 9.88 Å². The number of nitrogens with zero attached hydrogens (tertiary/aromatic N) is 2. The van der Waals surface area contributed by atoms with Crippen molar-refractivity contribution in [3.8, 4) is 0 Å². The van der Waals surface area contributed by atoms with E-state index in [1.54, 1.807) is 25.1 Å². The fourth-order valence-electron chi connectivity index (χ4n) is 1.99. The molecule has 1 heterocycles. The molecule has 0 bridgehead atoms. The maximum Gasteiger partial charge on any atom is 0.272 e. The number of amides is 1. The average Bonchev–Trinajstić information content (AvgIpc) is 2.46. The van der Waals surface area contributed by atoms with Gasteiger partial charge in [-0.2, -0.15) is 0 Å². The zero-order valence-electron chi connectivity index (χ0n) is 11.5. The lowest BCUT2D eigenvalue weighted by Crippen LogP contribution is -2.34. The van der Waals surface area contributed by atoms with Gasteiger partial charge in [-0.15, -0.1) is 11.6 Å². The zero-order chi connectivity index (χ0) is 14.5. The van der Waals surface area contributed by atoms with E-state index in [4.69, 9.17) is 16.3 Å². The van der Waals surface area contributed by atoms with Gasteiger partial charge in [0.15, 0.2) is 0 Å². The molecule has 0 spiro atoms. The van der Waals surface area contributed by atoms with Crippen LogP contribution in [0.1, 0.15) is 10.5 Å². The molecule has 1 unspecified atom stereocenters. The molecule has 1 atom stereocenters. The van der Waals surface area contributed by atoms with Crippen LogP contribution in [0.4, 0.5) is 0 Å². The van der Waals surface area contributed by atoms with Gasteiger partial charge in [-0.3, -0.25) is 4.79 Å². The van der Waals surface area contributed by atoms with E-state index in [1.807, 2.05) is 30.3 Å². The normalized spacial score (nSPS) is 12.3. The number of ether oxygens (including phenoxy) is 1. The number of para-hydroxylation sites is 1. The number of carbonyl (C=O) groups excluding carboxylic acids is 1. The van der Waals surface area contributed by atoms with Gasteiger partial charge in [0.2, 0.25) is 0 Å². The fourth-order valence-corrected chi connectivity index (χ4v) is 2.33. The number of hydrogen-bond acceptors (Lipinski definition) is 3. The first kappa shape index (κ1) is 14.8. The first-order valence-corrected chi connectivity index (χ1v) is 6.79. The molecule has 0 aliphatic heterocycles. The van der Waals surface area contributed by atoms with Crippen molar-refractivity contribution in [2.75, 3.05) is 27.3 Å². The van der Waals surface area contributed by atoms with Crippen molar-refractivity contribution >= 4 is 28.4 Å². The fraction of sp³-hybridized carbons (Fsp3) is 0.333. The van der Waals surface area contributed by atoms with Gasteiger partial charge >= 0.3 is 0 Å². The topological polar surface area (TPSA) is 42.4 Å². The minimum atomic E-state index is -0.227. The highest BCUT2D eigenvalue weighted by Crippen LogP contribution is 2.13. The molecule has 0 aliphatic carbocycles. The van der Waals surface area contributed by atoms with E-state index in [9.17, 15) is 4.79 Å². The molecule has 0 radical (unpaired) electrons. The molecule has 1 amide bonds. The molecule has 0 saturated heterocycles. The second kappa shape index (κ2) is 6.68. The summed E-state index contributed by atoms with van der Waals surface area (Å²) < 4.78 is 4.96. The number of carbonyl (C=O) groups is 1. The van der Waals surface area contributed by atoms with E-state index in [2.05, 4.69) is 4.98 Å². The molecular formula is C15H17ClN2O2. The quantitative estimate of drug-likeness (QED) is 0.796. The van der Waals surface area contributed by atoms with Crippen LogP contribution >= 0.6 is 11.6 Å². The monoisotopic (exact) mass is 292 g/mol. The van der Waals surface area contributed by atoms with Crippen molar-refractivity contribution in [1.29, 1.82) is 0 Å². The van der Waals surface area contributed by atoms with Crippen molar-refractivity contribution in [2.24, 2.45) is 0 Å². The van der Waals surface area contributed by atoms with Gasteiger partial charge in [0.05, 0.1) is 17.5 Å². The number of aromatic nitrogens is 1. The van der Waals surface area contributed by atoms with Crippen LogP contribution in [0.15, 0.2) is 36.4 Å². The third-order valence-corrected chi connectivity index (χ3v) is 3.25. The van der Waals surface area contributed by atoms with Crippen molar-refractivity contribution in [3.05, 3.63) is 42.1 Å². The Bertz CT molecular complexity index is 603. The Morgan fingerprint density at radius 2 is 2.10 bits per heavy atom. The van der Waals surface area contributed by atoms with Gasteiger partial charge in [-0.25, -0.2) is 4.98 Å². The van der Waals surface area contributed by atoms with Gasteiger partial charge < -0.3 is 9.64 Å². The van der Waals surface area contributed by atoms with E-state index >= 15 is 0 Å². The summed E-state index contributed by atoms with van der Waals surface area (Å²) >= 11 is 6.06. The van der Waals surface area contributed by atoms with Crippen LogP contribution in [-0.4, -0.2) is 48.5 Å². The molecule has 0 aliphatic rings. The average molecular weight is 293 g/mol. The smallest absolute Gasteiger partial charge is 0.272 e. The van der Waals surface area contributed by atoms with Crippen LogP contribution < -0.4 is 0 Å². The summed E-state index contributed by atoms with van der Waals surface area (Å²) in [4.78, 5) is 18.2. The van der Waals surface area contributed by atoms with Crippen molar-refractivity contribution in [3.63, 3.8) is 0 Å². The standard InChI is InChI=1S/C15H17ClN2O2/c1-18(9-12(16)10-20-2)15(19)14-8-7-11-5-3-4-6-13(11)17-14/h3-8,12H,9-10H2,1-2H3. The van der Waals surface area contributed by atoms with Gasteiger partial charge in [-0.1, -0.05) is 24.3 Å². The number of halogens is 1. The summed E-state index contributed by atoms with van der Waals surface area (Å²) in [5.74, 6) is -0.141. The molecule has 1 aromatic carbocycles. The summed E-state index contributed by atoms with van der Waals surface area (Å²) in [6, 6.07) is 11.3. The predicted octanol–water partition coefficient (Wildman–Crippen LogP) is 2.56. The Kier molecular flexibility index (Phi) is 4.93. The van der Waals surface area contributed by atoms with E-state index in [0.717, 1.165) is 10.9 Å². The first-order valence-electron chi connectivity index (χ1n) is 6.36. The third kappa shape index (κ3) is 3.46. The van der Waals surface area contributed by atoms with E-state index in [-0.39, 0.29) is 11.3 Å². The Labute approximate surface area is 123 Å². The Morgan fingerprint density at radius 1 is 1.35 bits per heavy atom. The SMILES string of the molecule is COCC(Cl)CN(C)C(=O)c1ccc2ccccc2n1. The number of rotatable bonds is 5. The molecule has 0 N–H and O–H groups in total. The highest BCUT2D eigenvalue weighted by atomic mass is 35.5. The molecule has 20 heavy (non-hydrogen) atoms. The van der Waals surface area contributed by atoms with Crippen LogP contribution in [0.3, 0.4) is 0 Å². The van der Waals surface area contributed by atoms with Crippen LogP contribution in [-0.2, 0) is 4.74 Å². The Balaban J connectivity index is 2.14. The minimum absolute atomic E-state index is 0.141. The zero-order valence-corrected chi connectivity index (χ0v) is 12.3. The molecule has 106 valence electrons. The molecule has 0 saturated carbocycles.